The van der Waals surface area contributed by atoms with Gasteiger partial charge in [0.2, 0.25) is 5.91 Å². The van der Waals surface area contributed by atoms with Crippen LogP contribution < -0.4 is 5.32 Å². The summed E-state index contributed by atoms with van der Waals surface area (Å²) >= 11 is 0. The molecule has 0 bridgehead atoms. The number of rotatable bonds is 9. The smallest absolute Gasteiger partial charge is 0.347 e. The molecule has 0 aliphatic carbocycles. The molecule has 0 saturated carbocycles. The van der Waals surface area contributed by atoms with Gasteiger partial charge in [0.25, 0.3) is 0 Å². The van der Waals surface area contributed by atoms with Gasteiger partial charge in [-0.25, -0.2) is 0 Å². The van der Waals surface area contributed by atoms with E-state index in [0.29, 0.717) is 18.9 Å². The minimum absolute atomic E-state index is 0.0835. The maximum Gasteiger partial charge on any atom is 0.522 e. The first-order valence-corrected chi connectivity index (χ1v) is 8.05. The molecule has 5 nitrogen and oxygen atoms in total. The van der Waals surface area contributed by atoms with Gasteiger partial charge in [0.15, 0.2) is 0 Å². The highest BCUT2D eigenvalue weighted by Crippen LogP contribution is 2.17. The van der Waals surface area contributed by atoms with Gasteiger partial charge in [0, 0.05) is 20.1 Å². The van der Waals surface area contributed by atoms with Gasteiger partial charge >= 0.3 is 6.36 Å². The normalized spacial score (nSPS) is 21.9. The van der Waals surface area contributed by atoms with Gasteiger partial charge in [-0.1, -0.05) is 0 Å². The van der Waals surface area contributed by atoms with Gasteiger partial charge < -0.3 is 15.1 Å². The van der Waals surface area contributed by atoms with Gasteiger partial charge in [-0.2, -0.15) is 0 Å². The third-order valence-corrected chi connectivity index (χ3v) is 4.04. The average Bonchev–Trinajstić information content (AvgIpc) is 2.91. The largest absolute Gasteiger partial charge is 0.522 e. The summed E-state index contributed by atoms with van der Waals surface area (Å²) < 4.78 is 39.2. The number of nitrogens with zero attached hydrogens (tertiary/aromatic N) is 2. The van der Waals surface area contributed by atoms with Crippen LogP contribution in [0, 0.1) is 0 Å². The van der Waals surface area contributed by atoms with Crippen molar-refractivity contribution in [2.24, 2.45) is 0 Å². The Labute approximate surface area is 136 Å². The summed E-state index contributed by atoms with van der Waals surface area (Å²) in [6.45, 7) is 1.32. The standard InChI is InChI=1S/C15H28F3N3O2/c1-20(2)14(22)13-7-6-12(19-13)8-10-21(3)9-4-5-11-23-15(16,17)18/h12-13,19H,4-11H2,1-3H3. The minimum atomic E-state index is -4.53. The van der Waals surface area contributed by atoms with E-state index in [1.807, 2.05) is 7.05 Å². The first kappa shape index (κ1) is 20.2. The molecule has 2 unspecified atom stereocenters. The number of hydrogen-bond donors (Lipinski definition) is 1. The van der Waals surface area contributed by atoms with E-state index in [1.54, 1.807) is 19.0 Å². The molecule has 1 N–H and O–H groups in total. The van der Waals surface area contributed by atoms with Gasteiger partial charge in [-0.05, 0) is 52.2 Å². The first-order valence-electron chi connectivity index (χ1n) is 8.05. The molecule has 1 aliphatic heterocycles. The van der Waals surface area contributed by atoms with Crippen LogP contribution in [0.1, 0.15) is 32.1 Å². The van der Waals surface area contributed by atoms with Crippen molar-refractivity contribution in [3.8, 4) is 0 Å². The average molecular weight is 339 g/mol. The zero-order chi connectivity index (χ0) is 17.5. The van der Waals surface area contributed by atoms with Crippen molar-refractivity contribution in [3.63, 3.8) is 0 Å². The molecule has 1 amide bonds. The molecule has 1 saturated heterocycles. The Balaban J connectivity index is 2.08. The second-order valence-corrected chi connectivity index (χ2v) is 6.32. The van der Waals surface area contributed by atoms with Crippen LogP contribution in [0.15, 0.2) is 0 Å². The van der Waals surface area contributed by atoms with Crippen molar-refractivity contribution in [1.82, 2.24) is 15.1 Å². The second kappa shape index (κ2) is 9.44. The van der Waals surface area contributed by atoms with Crippen molar-refractivity contribution in [1.29, 1.82) is 0 Å². The van der Waals surface area contributed by atoms with E-state index in [2.05, 4.69) is 15.0 Å². The van der Waals surface area contributed by atoms with Crippen LogP contribution in [0.5, 0.6) is 0 Å². The third-order valence-electron chi connectivity index (χ3n) is 4.04. The van der Waals surface area contributed by atoms with Gasteiger partial charge in [0.1, 0.15) is 0 Å². The lowest BCUT2D eigenvalue weighted by Crippen LogP contribution is -2.42. The molecule has 0 aromatic heterocycles. The minimum Gasteiger partial charge on any atom is -0.347 e. The Hall–Kier alpha value is -0.860. The van der Waals surface area contributed by atoms with Gasteiger partial charge in [-0.15, -0.1) is 13.2 Å². The maximum atomic E-state index is 11.9. The van der Waals surface area contributed by atoms with Crippen LogP contribution >= 0.6 is 0 Å². The summed E-state index contributed by atoms with van der Waals surface area (Å²) in [6, 6.07) is 0.250. The number of carbonyl (C=O) groups is 1. The molecule has 1 fully saturated rings. The highest BCUT2D eigenvalue weighted by molar-refractivity contribution is 5.81. The molecular formula is C15H28F3N3O2. The number of likely N-dealkylation sites (N-methyl/N-ethyl adjacent to an activating group) is 1. The molecule has 0 aromatic rings. The lowest BCUT2D eigenvalue weighted by atomic mass is 10.1. The maximum absolute atomic E-state index is 11.9. The van der Waals surface area contributed by atoms with E-state index in [4.69, 9.17) is 0 Å². The number of nitrogens with one attached hydrogen (secondary N) is 1. The molecule has 8 heteroatoms. The summed E-state index contributed by atoms with van der Waals surface area (Å²) in [5.41, 5.74) is 0. The summed E-state index contributed by atoms with van der Waals surface area (Å²) in [7, 11) is 5.48. The zero-order valence-corrected chi connectivity index (χ0v) is 14.2. The number of alkyl halides is 3. The van der Waals surface area contributed by atoms with E-state index in [-0.39, 0.29) is 18.6 Å². The summed E-state index contributed by atoms with van der Waals surface area (Å²) in [6.07, 6.45) is -0.678. The molecule has 0 radical (unpaired) electrons. The fourth-order valence-electron chi connectivity index (χ4n) is 2.71. The Morgan fingerprint density at radius 2 is 1.87 bits per heavy atom. The summed E-state index contributed by atoms with van der Waals surface area (Å²) in [5.74, 6) is 0.116. The number of halogens is 3. The quantitative estimate of drug-likeness (QED) is 0.651. The molecule has 1 heterocycles. The van der Waals surface area contributed by atoms with Gasteiger partial charge in [0.05, 0.1) is 12.6 Å². The Morgan fingerprint density at radius 1 is 1.17 bits per heavy atom. The highest BCUT2D eigenvalue weighted by Gasteiger charge is 2.30. The van der Waals surface area contributed by atoms with E-state index in [0.717, 1.165) is 32.4 Å². The van der Waals surface area contributed by atoms with Crippen molar-refractivity contribution in [3.05, 3.63) is 0 Å². The second-order valence-electron chi connectivity index (χ2n) is 6.32. The van der Waals surface area contributed by atoms with Crippen molar-refractivity contribution in [2.45, 2.75) is 50.6 Å². The molecule has 0 spiro atoms. The Kier molecular flexibility index (Phi) is 8.28. The number of ether oxygens (including phenoxy) is 1. The van der Waals surface area contributed by atoms with Crippen LogP contribution in [-0.2, 0) is 9.53 Å². The Morgan fingerprint density at radius 3 is 2.48 bits per heavy atom. The fraction of sp³-hybridized carbons (Fsp3) is 0.933. The molecule has 2 atom stereocenters. The van der Waals surface area contributed by atoms with Crippen molar-refractivity contribution >= 4 is 5.91 Å². The van der Waals surface area contributed by atoms with E-state index >= 15 is 0 Å². The summed E-state index contributed by atoms with van der Waals surface area (Å²) in [4.78, 5) is 15.6. The van der Waals surface area contributed by atoms with E-state index < -0.39 is 6.36 Å². The number of carbonyl (C=O) groups excluding carboxylic acids is 1. The van der Waals surface area contributed by atoms with Crippen molar-refractivity contribution in [2.75, 3.05) is 40.8 Å². The van der Waals surface area contributed by atoms with Crippen LogP contribution in [-0.4, -0.2) is 75.0 Å². The number of hydrogen-bond acceptors (Lipinski definition) is 4. The van der Waals surface area contributed by atoms with Crippen molar-refractivity contribution < 1.29 is 22.7 Å². The molecular weight excluding hydrogens is 311 g/mol. The lowest BCUT2D eigenvalue weighted by molar-refractivity contribution is -0.324. The highest BCUT2D eigenvalue weighted by atomic mass is 19.4. The summed E-state index contributed by atoms with van der Waals surface area (Å²) in [5, 5.41) is 3.36. The van der Waals surface area contributed by atoms with E-state index in [9.17, 15) is 18.0 Å². The van der Waals surface area contributed by atoms with E-state index in [1.165, 1.54) is 0 Å². The molecule has 1 aliphatic rings. The molecule has 0 aromatic carbocycles. The third kappa shape index (κ3) is 8.53. The number of amides is 1. The van der Waals surface area contributed by atoms with Crippen LogP contribution in [0.3, 0.4) is 0 Å². The van der Waals surface area contributed by atoms with Crippen LogP contribution in [0.25, 0.3) is 0 Å². The fourth-order valence-corrected chi connectivity index (χ4v) is 2.71. The number of unbranched alkanes of at least 4 members (excludes halogenated alkanes) is 1. The predicted octanol–water partition coefficient (Wildman–Crippen LogP) is 1.83. The first-order chi connectivity index (χ1) is 10.7. The predicted molar refractivity (Wildman–Crippen MR) is 82.0 cm³/mol. The van der Waals surface area contributed by atoms with Crippen LogP contribution in [0.4, 0.5) is 13.2 Å². The molecule has 23 heavy (non-hydrogen) atoms. The van der Waals surface area contributed by atoms with Crippen LogP contribution in [0.2, 0.25) is 0 Å². The Bertz CT molecular complexity index is 364. The lowest BCUT2D eigenvalue weighted by Gasteiger charge is -2.21. The topological polar surface area (TPSA) is 44.8 Å². The molecule has 136 valence electrons. The SMILES string of the molecule is CN(CCCCOC(F)(F)F)CCC1CCC(C(=O)N(C)C)N1. The monoisotopic (exact) mass is 339 g/mol. The zero-order valence-electron chi connectivity index (χ0n) is 14.2. The van der Waals surface area contributed by atoms with Gasteiger partial charge in [-0.3, -0.25) is 9.53 Å². The molecule has 1 rings (SSSR count).